The van der Waals surface area contributed by atoms with Crippen LogP contribution >= 0.6 is 0 Å². The van der Waals surface area contributed by atoms with Crippen LogP contribution in [0.15, 0.2) is 23.5 Å². The average Bonchev–Trinajstić information content (AvgIpc) is 3.22. The molecular formula is C17H22N6O2. The summed E-state index contributed by atoms with van der Waals surface area (Å²) in [6, 6.07) is 0.664. The van der Waals surface area contributed by atoms with Gasteiger partial charge in [0.15, 0.2) is 0 Å². The molecule has 0 saturated carbocycles. The van der Waals surface area contributed by atoms with E-state index < -0.39 is 0 Å². The second kappa shape index (κ2) is 6.09. The largest absolute Gasteiger partial charge is 0.335 e. The fraction of sp³-hybridized carbons (Fsp3) is 0.588. The molecule has 2 fully saturated rings. The van der Waals surface area contributed by atoms with E-state index in [9.17, 15) is 9.59 Å². The maximum Gasteiger partial charge on any atom is 0.256 e. The van der Waals surface area contributed by atoms with Crippen LogP contribution in [0.3, 0.4) is 0 Å². The normalized spacial score (nSPS) is 25.4. The molecule has 2 atom stereocenters. The number of amides is 1. The first-order valence-corrected chi connectivity index (χ1v) is 8.74. The van der Waals surface area contributed by atoms with Crippen LogP contribution < -0.4 is 5.56 Å². The van der Waals surface area contributed by atoms with Gasteiger partial charge in [-0.1, -0.05) is 0 Å². The topological polar surface area (TPSA) is 85.9 Å². The Kier molecular flexibility index (Phi) is 3.89. The summed E-state index contributed by atoms with van der Waals surface area (Å²) in [7, 11) is 0. The zero-order valence-corrected chi connectivity index (χ0v) is 14.5. The highest BCUT2D eigenvalue weighted by molar-refractivity contribution is 5.77. The molecule has 4 rings (SSSR count). The van der Waals surface area contributed by atoms with Gasteiger partial charge in [-0.3, -0.25) is 14.2 Å². The van der Waals surface area contributed by atoms with Crippen molar-refractivity contribution in [1.29, 1.82) is 0 Å². The van der Waals surface area contributed by atoms with E-state index in [0.29, 0.717) is 11.3 Å². The van der Waals surface area contributed by atoms with Gasteiger partial charge in [-0.2, -0.15) is 15.0 Å². The van der Waals surface area contributed by atoms with E-state index in [-0.39, 0.29) is 36.1 Å². The first-order chi connectivity index (χ1) is 12.0. The monoisotopic (exact) mass is 342 g/mol. The van der Waals surface area contributed by atoms with Crippen molar-refractivity contribution in [3.05, 3.63) is 40.3 Å². The van der Waals surface area contributed by atoms with E-state index in [1.54, 1.807) is 31.0 Å². The summed E-state index contributed by atoms with van der Waals surface area (Å²) in [4.78, 5) is 33.2. The number of carbonyl (C=O) groups is 1. The van der Waals surface area contributed by atoms with Gasteiger partial charge in [0.05, 0.1) is 24.8 Å². The third-order valence-corrected chi connectivity index (χ3v) is 5.58. The number of nitrogens with zero attached hydrogens (tertiary/aromatic N) is 6. The molecule has 2 bridgehead atoms. The zero-order valence-electron chi connectivity index (χ0n) is 14.5. The van der Waals surface area contributed by atoms with E-state index in [1.165, 1.54) is 10.9 Å². The first kappa shape index (κ1) is 16.0. The lowest BCUT2D eigenvalue weighted by Crippen LogP contribution is -2.49. The third kappa shape index (κ3) is 2.75. The lowest BCUT2D eigenvalue weighted by molar-refractivity contribution is -0.137. The summed E-state index contributed by atoms with van der Waals surface area (Å²) >= 11 is 0. The van der Waals surface area contributed by atoms with Crippen LogP contribution in [0.5, 0.6) is 0 Å². The van der Waals surface area contributed by atoms with E-state index >= 15 is 0 Å². The number of hydrogen-bond donors (Lipinski definition) is 0. The minimum absolute atomic E-state index is 0.00604. The Morgan fingerprint density at radius 2 is 1.76 bits per heavy atom. The second-order valence-corrected chi connectivity index (χ2v) is 7.05. The van der Waals surface area contributed by atoms with E-state index in [4.69, 9.17) is 0 Å². The van der Waals surface area contributed by atoms with Gasteiger partial charge in [0, 0.05) is 23.3 Å². The Morgan fingerprint density at radius 3 is 2.40 bits per heavy atom. The Hall–Kier alpha value is -2.51. The fourth-order valence-corrected chi connectivity index (χ4v) is 4.17. The number of fused-ring (bicyclic) bond motifs is 2. The van der Waals surface area contributed by atoms with Crippen LogP contribution in [-0.2, 0) is 11.3 Å². The van der Waals surface area contributed by atoms with Crippen molar-refractivity contribution < 1.29 is 4.79 Å². The highest BCUT2D eigenvalue weighted by Crippen LogP contribution is 2.40. The van der Waals surface area contributed by atoms with Gasteiger partial charge in [0.2, 0.25) is 5.91 Å². The summed E-state index contributed by atoms with van der Waals surface area (Å²) in [5.74, 6) is 0.00604. The van der Waals surface area contributed by atoms with E-state index in [2.05, 4.69) is 15.2 Å². The van der Waals surface area contributed by atoms with Crippen molar-refractivity contribution in [1.82, 2.24) is 29.4 Å². The van der Waals surface area contributed by atoms with Gasteiger partial charge >= 0.3 is 0 Å². The van der Waals surface area contributed by atoms with Crippen molar-refractivity contribution in [2.75, 3.05) is 0 Å². The van der Waals surface area contributed by atoms with Gasteiger partial charge in [0.1, 0.15) is 6.54 Å². The van der Waals surface area contributed by atoms with Crippen LogP contribution in [0.25, 0.3) is 0 Å². The molecule has 2 aromatic heterocycles. The van der Waals surface area contributed by atoms with Crippen molar-refractivity contribution in [2.45, 2.75) is 64.2 Å². The molecule has 4 heterocycles. The molecule has 0 aromatic carbocycles. The standard InChI is InChI=1S/C17H22N6O2/c1-11-12(2)18-10-21(17(11)25)9-16(24)22-13-3-4-14(22)8-15(7-13)23-19-5-6-20-23/h5-6,10,13-15H,3-4,7-9H2,1-2H3. The van der Waals surface area contributed by atoms with Crippen LogP contribution in [0.4, 0.5) is 0 Å². The minimum atomic E-state index is -0.135. The molecule has 8 nitrogen and oxygen atoms in total. The van der Waals surface area contributed by atoms with Crippen LogP contribution in [-0.4, -0.2) is 47.4 Å². The number of hydrogen-bond acceptors (Lipinski definition) is 5. The molecule has 2 aliphatic rings. The Morgan fingerprint density at radius 1 is 1.12 bits per heavy atom. The first-order valence-electron chi connectivity index (χ1n) is 8.74. The molecule has 2 unspecified atom stereocenters. The number of aromatic nitrogens is 5. The number of piperidine rings is 1. The Balaban J connectivity index is 1.51. The van der Waals surface area contributed by atoms with Crippen LogP contribution in [0, 0.1) is 13.8 Å². The number of rotatable bonds is 3. The molecule has 132 valence electrons. The molecule has 25 heavy (non-hydrogen) atoms. The average molecular weight is 342 g/mol. The Bertz CT molecular complexity index is 829. The molecule has 0 aliphatic carbocycles. The SMILES string of the molecule is Cc1ncn(CC(=O)N2C3CCC2CC(n2nccn2)C3)c(=O)c1C. The number of aryl methyl sites for hydroxylation is 1. The van der Waals surface area contributed by atoms with E-state index in [0.717, 1.165) is 25.7 Å². The zero-order chi connectivity index (χ0) is 17.6. The molecule has 0 spiro atoms. The van der Waals surface area contributed by atoms with Gasteiger partial charge in [-0.15, -0.1) is 0 Å². The van der Waals surface area contributed by atoms with E-state index in [1.807, 2.05) is 4.90 Å². The summed E-state index contributed by atoms with van der Waals surface area (Å²) in [5, 5.41) is 8.50. The highest BCUT2D eigenvalue weighted by Gasteiger charge is 2.44. The number of carbonyl (C=O) groups excluding carboxylic acids is 1. The minimum Gasteiger partial charge on any atom is -0.335 e. The summed E-state index contributed by atoms with van der Waals surface area (Å²) < 4.78 is 1.42. The van der Waals surface area contributed by atoms with Gasteiger partial charge in [-0.05, 0) is 39.5 Å². The van der Waals surface area contributed by atoms with Gasteiger partial charge in [0.25, 0.3) is 5.56 Å². The highest BCUT2D eigenvalue weighted by atomic mass is 16.2. The summed E-state index contributed by atoms with van der Waals surface area (Å²) in [6.45, 7) is 3.61. The summed E-state index contributed by atoms with van der Waals surface area (Å²) in [6.07, 6.45) is 8.62. The lowest BCUT2D eigenvalue weighted by atomic mass is 9.97. The Labute approximate surface area is 145 Å². The van der Waals surface area contributed by atoms with Gasteiger partial charge < -0.3 is 4.90 Å². The molecule has 2 aromatic rings. The maximum absolute atomic E-state index is 12.9. The van der Waals surface area contributed by atoms with Crippen molar-refractivity contribution >= 4 is 5.91 Å². The third-order valence-electron chi connectivity index (χ3n) is 5.58. The van der Waals surface area contributed by atoms with Crippen molar-refractivity contribution in [3.63, 3.8) is 0 Å². The van der Waals surface area contributed by atoms with Crippen molar-refractivity contribution in [3.8, 4) is 0 Å². The molecule has 8 heteroatoms. The predicted molar refractivity (Wildman–Crippen MR) is 89.9 cm³/mol. The molecular weight excluding hydrogens is 320 g/mol. The quantitative estimate of drug-likeness (QED) is 0.825. The summed E-state index contributed by atoms with van der Waals surface area (Å²) in [5.41, 5.74) is 1.17. The molecule has 2 aliphatic heterocycles. The van der Waals surface area contributed by atoms with Crippen LogP contribution in [0.2, 0.25) is 0 Å². The van der Waals surface area contributed by atoms with Crippen molar-refractivity contribution in [2.24, 2.45) is 0 Å². The molecule has 1 amide bonds. The molecule has 0 N–H and O–H groups in total. The maximum atomic E-state index is 12.9. The molecule has 0 radical (unpaired) electrons. The van der Waals surface area contributed by atoms with Gasteiger partial charge in [-0.25, -0.2) is 4.98 Å². The second-order valence-electron chi connectivity index (χ2n) is 7.05. The lowest BCUT2D eigenvalue weighted by Gasteiger charge is -2.38. The molecule has 2 saturated heterocycles. The predicted octanol–water partition coefficient (Wildman–Crippen LogP) is 0.846. The fourth-order valence-electron chi connectivity index (χ4n) is 4.17. The smallest absolute Gasteiger partial charge is 0.256 e. The van der Waals surface area contributed by atoms with Crippen LogP contribution in [0.1, 0.15) is 43.0 Å².